The van der Waals surface area contributed by atoms with Crippen molar-refractivity contribution in [1.82, 2.24) is 19.9 Å². The Morgan fingerprint density at radius 3 is 2.67 bits per heavy atom. The van der Waals surface area contributed by atoms with E-state index in [1.54, 1.807) is 36.7 Å². The van der Waals surface area contributed by atoms with E-state index in [0.717, 1.165) is 36.4 Å². The van der Waals surface area contributed by atoms with Crippen molar-refractivity contribution in [3.63, 3.8) is 0 Å². The molecule has 5 rings (SSSR count). The molecular weight excluding hydrogens is 378 g/mol. The number of ether oxygens (including phenoxy) is 1. The van der Waals surface area contributed by atoms with Crippen LogP contribution in [0, 0.1) is 5.92 Å². The fourth-order valence-electron chi connectivity index (χ4n) is 3.72. The first-order valence-corrected chi connectivity index (χ1v) is 10.0. The SMILES string of the molecule is CC1CCN(c2nccnc2Oc2ccc(C(=O)c3nc4ccccc4[nH]3)cc2)C1. The van der Waals surface area contributed by atoms with E-state index in [4.69, 9.17) is 4.74 Å². The van der Waals surface area contributed by atoms with E-state index in [9.17, 15) is 4.79 Å². The molecule has 30 heavy (non-hydrogen) atoms. The lowest BCUT2D eigenvalue weighted by molar-refractivity contribution is 0.103. The summed E-state index contributed by atoms with van der Waals surface area (Å²) < 4.78 is 6.00. The Morgan fingerprint density at radius 1 is 1.10 bits per heavy atom. The van der Waals surface area contributed by atoms with E-state index in [1.165, 1.54) is 0 Å². The minimum atomic E-state index is -0.163. The number of ketones is 1. The summed E-state index contributed by atoms with van der Waals surface area (Å²) in [5.41, 5.74) is 2.15. The van der Waals surface area contributed by atoms with Crippen LogP contribution in [0.25, 0.3) is 11.0 Å². The third kappa shape index (κ3) is 3.50. The third-order valence-electron chi connectivity index (χ3n) is 5.31. The van der Waals surface area contributed by atoms with Gasteiger partial charge in [0, 0.05) is 31.0 Å². The minimum absolute atomic E-state index is 0.163. The van der Waals surface area contributed by atoms with Crippen LogP contribution in [-0.4, -0.2) is 38.8 Å². The first-order valence-electron chi connectivity index (χ1n) is 10.0. The number of fused-ring (bicyclic) bond motifs is 1. The van der Waals surface area contributed by atoms with Gasteiger partial charge in [0.15, 0.2) is 11.6 Å². The monoisotopic (exact) mass is 399 g/mol. The van der Waals surface area contributed by atoms with Crippen LogP contribution in [0.1, 0.15) is 29.5 Å². The molecule has 1 unspecified atom stereocenters. The van der Waals surface area contributed by atoms with Crippen molar-refractivity contribution >= 4 is 22.6 Å². The quantitative estimate of drug-likeness (QED) is 0.506. The second-order valence-electron chi connectivity index (χ2n) is 7.58. The van der Waals surface area contributed by atoms with Gasteiger partial charge >= 0.3 is 0 Å². The molecule has 1 atom stereocenters. The summed E-state index contributed by atoms with van der Waals surface area (Å²) in [4.78, 5) is 31.3. The standard InChI is InChI=1S/C23H21N5O2/c1-15-10-13-28(14-15)22-23(25-12-11-24-22)30-17-8-6-16(7-9-17)20(29)21-26-18-4-2-3-5-19(18)27-21/h2-9,11-12,15H,10,13-14H2,1H3,(H,26,27). The smallest absolute Gasteiger partial charge is 0.263 e. The zero-order valence-electron chi connectivity index (χ0n) is 16.6. The lowest BCUT2D eigenvalue weighted by Gasteiger charge is -2.19. The number of benzene rings is 2. The number of carbonyl (C=O) groups excluding carboxylic acids is 1. The predicted octanol–water partition coefficient (Wildman–Crippen LogP) is 4.22. The Hall–Kier alpha value is -3.74. The highest BCUT2D eigenvalue weighted by atomic mass is 16.5. The Bertz CT molecular complexity index is 1170. The molecular formula is C23H21N5O2. The first-order chi connectivity index (χ1) is 14.7. The van der Waals surface area contributed by atoms with Crippen LogP contribution in [0.5, 0.6) is 11.6 Å². The van der Waals surface area contributed by atoms with E-state index < -0.39 is 0 Å². The normalized spacial score (nSPS) is 16.2. The zero-order chi connectivity index (χ0) is 20.5. The molecule has 0 amide bonds. The van der Waals surface area contributed by atoms with Crippen molar-refractivity contribution in [2.24, 2.45) is 5.92 Å². The number of aromatic amines is 1. The van der Waals surface area contributed by atoms with E-state index in [-0.39, 0.29) is 5.78 Å². The molecule has 0 bridgehead atoms. The van der Waals surface area contributed by atoms with Gasteiger partial charge in [0.1, 0.15) is 5.75 Å². The second kappa shape index (κ2) is 7.59. The fraction of sp³-hybridized carbons (Fsp3) is 0.217. The van der Waals surface area contributed by atoms with Crippen LogP contribution in [-0.2, 0) is 0 Å². The number of hydrogen-bond donors (Lipinski definition) is 1. The molecule has 1 N–H and O–H groups in total. The summed E-state index contributed by atoms with van der Waals surface area (Å²) in [7, 11) is 0. The van der Waals surface area contributed by atoms with Crippen LogP contribution in [0.4, 0.5) is 5.82 Å². The Morgan fingerprint density at radius 2 is 1.90 bits per heavy atom. The van der Waals surface area contributed by atoms with Gasteiger partial charge in [-0.05, 0) is 48.7 Å². The van der Waals surface area contributed by atoms with Crippen LogP contribution in [0.3, 0.4) is 0 Å². The Labute approximate surface area is 173 Å². The van der Waals surface area contributed by atoms with Gasteiger partial charge in [0.25, 0.3) is 5.88 Å². The van der Waals surface area contributed by atoms with Crippen LogP contribution in [0.15, 0.2) is 60.9 Å². The zero-order valence-corrected chi connectivity index (χ0v) is 16.6. The molecule has 0 saturated carbocycles. The molecule has 4 aromatic rings. The summed E-state index contributed by atoms with van der Waals surface area (Å²) in [5.74, 6) is 2.62. The Kier molecular flexibility index (Phi) is 4.63. The van der Waals surface area contributed by atoms with Crippen molar-refractivity contribution in [3.05, 3.63) is 72.3 Å². The fourth-order valence-corrected chi connectivity index (χ4v) is 3.72. The van der Waals surface area contributed by atoms with Crippen LogP contribution < -0.4 is 9.64 Å². The summed E-state index contributed by atoms with van der Waals surface area (Å²) in [6.07, 6.45) is 4.44. The van der Waals surface area contributed by atoms with Gasteiger partial charge in [-0.1, -0.05) is 19.1 Å². The highest BCUT2D eigenvalue weighted by molar-refractivity contribution is 6.08. The van der Waals surface area contributed by atoms with E-state index >= 15 is 0 Å². The van der Waals surface area contributed by atoms with Gasteiger partial charge in [-0.2, -0.15) is 0 Å². The molecule has 2 aromatic carbocycles. The average molecular weight is 399 g/mol. The van der Waals surface area contributed by atoms with Crippen molar-refractivity contribution in [2.75, 3.05) is 18.0 Å². The molecule has 1 saturated heterocycles. The first kappa shape index (κ1) is 18.3. The predicted molar refractivity (Wildman–Crippen MR) is 114 cm³/mol. The van der Waals surface area contributed by atoms with Crippen molar-refractivity contribution in [3.8, 4) is 11.6 Å². The number of rotatable bonds is 5. The van der Waals surface area contributed by atoms with Gasteiger partial charge in [0.2, 0.25) is 5.78 Å². The topological polar surface area (TPSA) is 84.0 Å². The van der Waals surface area contributed by atoms with Gasteiger partial charge in [-0.15, -0.1) is 0 Å². The number of aromatic nitrogens is 4. The Balaban J connectivity index is 1.35. The van der Waals surface area contributed by atoms with Gasteiger partial charge < -0.3 is 14.6 Å². The summed E-state index contributed by atoms with van der Waals surface area (Å²) in [5, 5.41) is 0. The number of hydrogen-bond acceptors (Lipinski definition) is 6. The molecule has 7 nitrogen and oxygen atoms in total. The summed E-state index contributed by atoms with van der Waals surface area (Å²) in [6, 6.07) is 14.6. The average Bonchev–Trinajstić information content (AvgIpc) is 3.40. The molecule has 0 spiro atoms. The molecule has 0 aliphatic carbocycles. The lowest BCUT2D eigenvalue weighted by atomic mass is 10.1. The van der Waals surface area contributed by atoms with Gasteiger partial charge in [-0.3, -0.25) is 4.79 Å². The number of nitrogens with one attached hydrogen (secondary N) is 1. The van der Waals surface area contributed by atoms with Crippen molar-refractivity contribution in [2.45, 2.75) is 13.3 Å². The van der Waals surface area contributed by atoms with E-state index in [2.05, 4.69) is 31.8 Å². The van der Waals surface area contributed by atoms with Crippen LogP contribution in [0.2, 0.25) is 0 Å². The molecule has 7 heteroatoms. The maximum absolute atomic E-state index is 12.8. The van der Waals surface area contributed by atoms with E-state index in [1.807, 2.05) is 24.3 Å². The second-order valence-corrected chi connectivity index (χ2v) is 7.58. The number of imidazole rings is 1. The number of para-hydroxylation sites is 2. The largest absolute Gasteiger partial charge is 0.436 e. The van der Waals surface area contributed by atoms with Gasteiger partial charge in [0.05, 0.1) is 11.0 Å². The van der Waals surface area contributed by atoms with Crippen LogP contribution >= 0.6 is 0 Å². The lowest BCUT2D eigenvalue weighted by Crippen LogP contribution is -2.21. The highest BCUT2D eigenvalue weighted by Crippen LogP contribution is 2.31. The van der Waals surface area contributed by atoms with Crippen molar-refractivity contribution < 1.29 is 9.53 Å². The maximum atomic E-state index is 12.8. The molecule has 0 radical (unpaired) electrons. The number of carbonyl (C=O) groups is 1. The molecule has 1 aliphatic heterocycles. The number of H-pyrrole nitrogens is 1. The van der Waals surface area contributed by atoms with Crippen molar-refractivity contribution in [1.29, 1.82) is 0 Å². The van der Waals surface area contributed by atoms with E-state index in [0.29, 0.717) is 28.9 Å². The minimum Gasteiger partial charge on any atom is -0.436 e. The maximum Gasteiger partial charge on any atom is 0.263 e. The van der Waals surface area contributed by atoms with Gasteiger partial charge in [-0.25, -0.2) is 15.0 Å². The number of nitrogens with zero attached hydrogens (tertiary/aromatic N) is 4. The summed E-state index contributed by atoms with van der Waals surface area (Å²) in [6.45, 7) is 4.12. The third-order valence-corrected chi connectivity index (χ3v) is 5.31. The molecule has 1 fully saturated rings. The molecule has 2 aromatic heterocycles. The molecule has 1 aliphatic rings. The summed E-state index contributed by atoms with van der Waals surface area (Å²) >= 11 is 0. The number of anilines is 1. The molecule has 150 valence electrons. The molecule has 3 heterocycles. The highest BCUT2D eigenvalue weighted by Gasteiger charge is 2.23.